The smallest absolute Gasteiger partial charge is 0.0242 e. The van der Waals surface area contributed by atoms with Crippen LogP contribution in [-0.4, -0.2) is 15.0 Å². The monoisotopic (exact) mass is 635 g/mol. The number of aryl methyl sites for hydroxylation is 1. The molecule has 1 aliphatic rings. The molecule has 0 unspecified atom stereocenters. The molecule has 0 N–H and O–H groups in total. The Hall–Kier alpha value is -3.46. The number of rotatable bonds is 2. The molecule has 0 spiro atoms. The number of pyridine rings is 3. The molecule has 3 aromatic heterocycles. The van der Waals surface area contributed by atoms with Gasteiger partial charge in [0, 0.05) is 47.6 Å². The van der Waals surface area contributed by atoms with Crippen LogP contribution in [-0.2, 0) is 25.5 Å². The van der Waals surface area contributed by atoms with Gasteiger partial charge in [-0.15, -0.1) is 53.6 Å². The van der Waals surface area contributed by atoms with Crippen molar-refractivity contribution in [1.29, 1.82) is 0 Å². The van der Waals surface area contributed by atoms with Gasteiger partial charge in [0.1, 0.15) is 0 Å². The van der Waals surface area contributed by atoms with Crippen LogP contribution in [0.3, 0.4) is 0 Å². The largest absolute Gasteiger partial charge is 0.357 e. The average Bonchev–Trinajstić information content (AvgIpc) is 3.16. The molecule has 0 atom stereocenters. The Balaban J connectivity index is 0.000000218. The second-order valence-corrected chi connectivity index (χ2v) is 8.59. The van der Waals surface area contributed by atoms with Crippen LogP contribution in [0.5, 0.6) is 0 Å². The molecule has 0 amide bonds. The van der Waals surface area contributed by atoms with Gasteiger partial charge in [-0.1, -0.05) is 69.4 Å². The Morgan fingerprint density at radius 3 is 2.34 bits per heavy atom. The summed E-state index contributed by atoms with van der Waals surface area (Å²) in [5.74, 6) is 0. The van der Waals surface area contributed by atoms with Gasteiger partial charge in [-0.05, 0) is 39.8 Å². The molecule has 1 radical (unpaired) electrons. The minimum absolute atomic E-state index is 0. The van der Waals surface area contributed by atoms with Gasteiger partial charge in [0.05, 0.1) is 0 Å². The van der Waals surface area contributed by atoms with Gasteiger partial charge in [-0.2, -0.15) is 0 Å². The summed E-state index contributed by atoms with van der Waals surface area (Å²) in [4.78, 5) is 12.8. The molecule has 0 aliphatic heterocycles. The summed E-state index contributed by atoms with van der Waals surface area (Å²) in [5.41, 5.74) is 7.62. The summed E-state index contributed by atoms with van der Waals surface area (Å²) in [6, 6.07) is 31.8. The molecular weight excluding hydrogens is 607 g/mol. The first-order valence-corrected chi connectivity index (χ1v) is 11.1. The summed E-state index contributed by atoms with van der Waals surface area (Å²) in [6.07, 6.45) is 5.08. The molecule has 1 aliphatic carbocycles. The molecule has 0 saturated heterocycles. The van der Waals surface area contributed by atoms with Crippen LogP contribution < -0.4 is 0 Å². The molecule has 2 aromatic carbocycles. The predicted molar refractivity (Wildman–Crippen MR) is 137 cm³/mol. The summed E-state index contributed by atoms with van der Waals surface area (Å²) in [5, 5.41) is 0. The van der Waals surface area contributed by atoms with Crippen molar-refractivity contribution in [3.63, 3.8) is 0 Å². The second kappa shape index (κ2) is 10.4. The molecule has 3 heterocycles. The number of fused-ring (bicyclic) bond motifs is 3. The molecule has 6 rings (SSSR count). The van der Waals surface area contributed by atoms with E-state index in [4.69, 9.17) is 4.11 Å². The fourth-order valence-corrected chi connectivity index (χ4v) is 4.37. The zero-order valence-corrected chi connectivity index (χ0v) is 21.8. The number of nitrogens with zero attached hydrogens (tertiary/aromatic N) is 3. The fourth-order valence-electron chi connectivity index (χ4n) is 4.37. The zero-order chi connectivity index (χ0) is 26.0. The molecule has 5 aromatic rings. The van der Waals surface area contributed by atoms with Crippen molar-refractivity contribution in [2.24, 2.45) is 0 Å². The van der Waals surface area contributed by atoms with Crippen LogP contribution in [0.2, 0.25) is 0 Å². The Kier molecular flexibility index (Phi) is 6.22. The minimum atomic E-state index is -2.30. The Morgan fingerprint density at radius 1 is 0.743 bits per heavy atom. The van der Waals surface area contributed by atoms with Gasteiger partial charge in [0.25, 0.3) is 0 Å². The van der Waals surface area contributed by atoms with Crippen molar-refractivity contribution >= 4 is 0 Å². The van der Waals surface area contributed by atoms with Gasteiger partial charge in [-0.25, -0.2) is 0 Å². The van der Waals surface area contributed by atoms with Crippen LogP contribution in [0, 0.1) is 19.0 Å². The standard InChI is InChI=1S/C20H17N2.C11H8N.Ir/c1-13-14(8-6-10-21-13)19-11-18-16(12-22-19)15-7-4-5-9-17(15)20(18,2)3;1-2-6-10(7-3-1)11-8-4-5-9-12-11;/h4-7,9-12H,1-3H3;1-6,8-9H;/q2*-1;/i1D3;;. The van der Waals surface area contributed by atoms with E-state index in [0.29, 0.717) is 11.3 Å². The molecular formula is C31H25IrN3-2. The Labute approximate surface area is 224 Å². The van der Waals surface area contributed by atoms with E-state index in [2.05, 4.69) is 53.1 Å². The van der Waals surface area contributed by atoms with Crippen molar-refractivity contribution in [3.8, 4) is 33.6 Å². The van der Waals surface area contributed by atoms with E-state index in [9.17, 15) is 0 Å². The third-order valence-electron chi connectivity index (χ3n) is 6.12. The Morgan fingerprint density at radius 2 is 1.57 bits per heavy atom. The van der Waals surface area contributed by atoms with Crippen LogP contribution in [0.4, 0.5) is 0 Å². The fraction of sp³-hybridized carbons (Fsp3) is 0.129. The first-order valence-electron chi connectivity index (χ1n) is 12.6. The number of aromatic nitrogens is 3. The van der Waals surface area contributed by atoms with Crippen molar-refractivity contribution in [1.82, 2.24) is 15.0 Å². The van der Waals surface area contributed by atoms with Gasteiger partial charge in [0.2, 0.25) is 0 Å². The Bertz CT molecular complexity index is 1500. The van der Waals surface area contributed by atoms with Crippen LogP contribution >= 0.6 is 0 Å². The normalized spacial score (nSPS) is 14.1. The van der Waals surface area contributed by atoms with Gasteiger partial charge >= 0.3 is 0 Å². The number of hydrogen-bond acceptors (Lipinski definition) is 3. The molecule has 0 saturated carbocycles. The van der Waals surface area contributed by atoms with Crippen molar-refractivity contribution in [2.75, 3.05) is 0 Å². The molecule has 35 heavy (non-hydrogen) atoms. The van der Waals surface area contributed by atoms with E-state index in [1.807, 2.05) is 66.9 Å². The maximum Gasteiger partial charge on any atom is 0.0242 e. The van der Waals surface area contributed by atoms with Crippen molar-refractivity contribution in [3.05, 3.63) is 126 Å². The predicted octanol–water partition coefficient (Wildman–Crippen LogP) is 7.10. The van der Waals surface area contributed by atoms with E-state index in [1.54, 1.807) is 12.3 Å². The molecule has 175 valence electrons. The van der Waals surface area contributed by atoms with Crippen molar-refractivity contribution < 1.29 is 24.2 Å². The minimum Gasteiger partial charge on any atom is -0.357 e. The van der Waals surface area contributed by atoms with E-state index in [1.165, 1.54) is 17.3 Å². The summed E-state index contributed by atoms with van der Waals surface area (Å²) < 4.78 is 23.2. The summed E-state index contributed by atoms with van der Waals surface area (Å²) in [7, 11) is 0. The topological polar surface area (TPSA) is 38.7 Å². The molecule has 4 heteroatoms. The van der Waals surface area contributed by atoms with Crippen LogP contribution in [0.25, 0.3) is 33.6 Å². The maximum atomic E-state index is 7.72. The molecule has 3 nitrogen and oxygen atoms in total. The van der Waals surface area contributed by atoms with Crippen LogP contribution in [0.1, 0.15) is 34.8 Å². The van der Waals surface area contributed by atoms with Gasteiger partial charge in [0.15, 0.2) is 0 Å². The first kappa shape index (κ1) is 20.9. The van der Waals surface area contributed by atoms with Gasteiger partial charge in [-0.3, -0.25) is 0 Å². The SMILES string of the molecule is [2H]C([2H])([2H])c1ncc[c-]c1-c1cc2c(cn1)-c1ccccc1C2(C)C.[Ir].[c-]1ccccc1-c1ccccn1. The zero-order valence-electron chi connectivity index (χ0n) is 22.4. The summed E-state index contributed by atoms with van der Waals surface area (Å²) >= 11 is 0. The van der Waals surface area contributed by atoms with E-state index < -0.39 is 6.85 Å². The quantitative estimate of drug-likeness (QED) is 0.195. The third-order valence-corrected chi connectivity index (χ3v) is 6.12. The van der Waals surface area contributed by atoms with Crippen molar-refractivity contribution in [2.45, 2.75) is 26.1 Å². The van der Waals surface area contributed by atoms with Gasteiger partial charge < -0.3 is 15.0 Å². The molecule has 0 fully saturated rings. The average molecular weight is 635 g/mol. The van der Waals surface area contributed by atoms with Crippen LogP contribution in [0.15, 0.2) is 97.5 Å². The van der Waals surface area contributed by atoms with E-state index in [0.717, 1.165) is 22.4 Å². The third kappa shape index (κ3) is 4.86. The van der Waals surface area contributed by atoms with E-state index in [-0.39, 0.29) is 31.2 Å². The number of benzene rings is 2. The molecule has 0 bridgehead atoms. The van der Waals surface area contributed by atoms with E-state index >= 15 is 0 Å². The second-order valence-electron chi connectivity index (χ2n) is 8.59. The first-order chi connectivity index (χ1) is 17.8. The maximum absolute atomic E-state index is 7.72. The summed E-state index contributed by atoms with van der Waals surface area (Å²) in [6.45, 7) is 2.06. The number of hydrogen-bond donors (Lipinski definition) is 0.